The van der Waals surface area contributed by atoms with Gasteiger partial charge < -0.3 is 14.4 Å². The number of nitrogens with zero attached hydrogens (tertiary/aromatic N) is 2. The third-order valence-corrected chi connectivity index (χ3v) is 4.63. The van der Waals surface area contributed by atoms with Crippen molar-refractivity contribution in [1.82, 2.24) is 4.90 Å². The minimum Gasteiger partial charge on any atom is -0.497 e. The first-order chi connectivity index (χ1) is 12.5. The van der Waals surface area contributed by atoms with E-state index in [0.717, 1.165) is 18.4 Å². The van der Waals surface area contributed by atoms with Crippen LogP contribution in [0.3, 0.4) is 0 Å². The molecule has 1 atom stereocenters. The van der Waals surface area contributed by atoms with E-state index < -0.39 is 4.92 Å². The lowest BCUT2D eigenvalue weighted by Crippen LogP contribution is -2.30. The van der Waals surface area contributed by atoms with Crippen LogP contribution in [0.4, 0.5) is 5.69 Å². The van der Waals surface area contributed by atoms with Gasteiger partial charge in [-0.25, -0.2) is 0 Å². The molecule has 26 heavy (non-hydrogen) atoms. The van der Waals surface area contributed by atoms with Gasteiger partial charge in [-0.1, -0.05) is 0 Å². The molecule has 2 aromatic carbocycles. The summed E-state index contributed by atoms with van der Waals surface area (Å²) in [4.78, 5) is 25.1. The molecule has 3 rings (SSSR count). The fourth-order valence-corrected chi connectivity index (χ4v) is 3.32. The smallest absolute Gasteiger partial charge is 0.269 e. The number of non-ortho nitro benzene ring substituents is 1. The molecule has 7 nitrogen and oxygen atoms in total. The van der Waals surface area contributed by atoms with Crippen molar-refractivity contribution >= 4 is 11.6 Å². The molecule has 1 fully saturated rings. The molecule has 0 radical (unpaired) electrons. The van der Waals surface area contributed by atoms with Crippen LogP contribution in [0.15, 0.2) is 42.5 Å². The average molecular weight is 356 g/mol. The van der Waals surface area contributed by atoms with Gasteiger partial charge in [0, 0.05) is 29.8 Å². The Labute approximate surface area is 151 Å². The second-order valence-electron chi connectivity index (χ2n) is 6.07. The lowest BCUT2D eigenvalue weighted by Gasteiger charge is -2.26. The quantitative estimate of drug-likeness (QED) is 0.604. The Hall–Kier alpha value is -3.09. The van der Waals surface area contributed by atoms with E-state index in [0.29, 0.717) is 23.6 Å². The predicted molar refractivity (Wildman–Crippen MR) is 95.7 cm³/mol. The molecule has 0 spiro atoms. The molecule has 1 amide bonds. The monoisotopic (exact) mass is 356 g/mol. The molecule has 0 aliphatic carbocycles. The molecule has 136 valence electrons. The minimum absolute atomic E-state index is 0.0333. The minimum atomic E-state index is -0.478. The Kier molecular flexibility index (Phi) is 5.06. The Morgan fingerprint density at radius 1 is 1.15 bits per heavy atom. The largest absolute Gasteiger partial charge is 0.497 e. The van der Waals surface area contributed by atoms with E-state index in [1.165, 1.54) is 24.3 Å². The molecular formula is C19H20N2O5. The number of likely N-dealkylation sites (tertiary alicyclic amines) is 1. The van der Waals surface area contributed by atoms with Crippen LogP contribution in [0.1, 0.15) is 34.8 Å². The third-order valence-electron chi connectivity index (χ3n) is 4.63. The zero-order chi connectivity index (χ0) is 18.7. The number of nitro groups is 1. The van der Waals surface area contributed by atoms with Gasteiger partial charge in [0.25, 0.3) is 11.6 Å². The van der Waals surface area contributed by atoms with Gasteiger partial charge in [0.15, 0.2) is 0 Å². The maximum atomic E-state index is 12.9. The highest BCUT2D eigenvalue weighted by molar-refractivity contribution is 5.95. The van der Waals surface area contributed by atoms with Crippen LogP contribution in [0.2, 0.25) is 0 Å². The predicted octanol–water partition coefficient (Wildman–Crippen LogP) is 3.59. The first-order valence-electron chi connectivity index (χ1n) is 8.32. The fourth-order valence-electron chi connectivity index (χ4n) is 3.32. The number of amides is 1. The van der Waals surface area contributed by atoms with Crippen molar-refractivity contribution in [2.75, 3.05) is 20.8 Å². The van der Waals surface area contributed by atoms with Gasteiger partial charge in [-0.2, -0.15) is 0 Å². The maximum Gasteiger partial charge on any atom is 0.269 e. The maximum absolute atomic E-state index is 12.9. The van der Waals surface area contributed by atoms with Crippen molar-refractivity contribution in [3.05, 3.63) is 63.7 Å². The van der Waals surface area contributed by atoms with Crippen molar-refractivity contribution in [2.45, 2.75) is 18.9 Å². The number of ether oxygens (including phenoxy) is 2. The Morgan fingerprint density at radius 3 is 2.50 bits per heavy atom. The van der Waals surface area contributed by atoms with Crippen molar-refractivity contribution in [1.29, 1.82) is 0 Å². The number of nitro benzene ring substituents is 1. The summed E-state index contributed by atoms with van der Waals surface area (Å²) in [5.41, 5.74) is 1.30. The zero-order valence-corrected chi connectivity index (χ0v) is 14.7. The molecule has 0 N–H and O–H groups in total. The van der Waals surface area contributed by atoms with Gasteiger partial charge >= 0.3 is 0 Å². The van der Waals surface area contributed by atoms with Gasteiger partial charge in [-0.15, -0.1) is 0 Å². The number of hydrogen-bond donors (Lipinski definition) is 0. The van der Waals surface area contributed by atoms with Crippen LogP contribution in [0.5, 0.6) is 11.5 Å². The summed E-state index contributed by atoms with van der Waals surface area (Å²) in [6, 6.07) is 11.1. The van der Waals surface area contributed by atoms with Crippen molar-refractivity contribution in [3.8, 4) is 11.5 Å². The molecule has 0 bridgehead atoms. The van der Waals surface area contributed by atoms with Gasteiger partial charge in [-0.05, 0) is 43.2 Å². The lowest BCUT2D eigenvalue weighted by molar-refractivity contribution is -0.384. The van der Waals surface area contributed by atoms with Gasteiger partial charge in [0.05, 0.1) is 25.2 Å². The number of carbonyl (C=O) groups excluding carboxylic acids is 1. The second-order valence-corrected chi connectivity index (χ2v) is 6.07. The van der Waals surface area contributed by atoms with E-state index in [9.17, 15) is 14.9 Å². The van der Waals surface area contributed by atoms with Gasteiger partial charge in [0.2, 0.25) is 0 Å². The molecule has 1 aliphatic heterocycles. The first kappa shape index (κ1) is 17.7. The standard InChI is InChI=1S/C19H20N2O5/c1-25-15-9-10-18(26-2)16(12-15)17-4-3-11-20(17)19(22)13-5-7-14(8-6-13)21(23)24/h5-10,12,17H,3-4,11H2,1-2H3. The van der Waals surface area contributed by atoms with E-state index in [-0.39, 0.29) is 17.6 Å². The van der Waals surface area contributed by atoms with Crippen LogP contribution in [0, 0.1) is 10.1 Å². The topological polar surface area (TPSA) is 81.9 Å². The van der Waals surface area contributed by atoms with Crippen molar-refractivity contribution in [3.63, 3.8) is 0 Å². The van der Waals surface area contributed by atoms with E-state index in [2.05, 4.69) is 0 Å². The Bertz CT molecular complexity index is 819. The zero-order valence-electron chi connectivity index (χ0n) is 14.7. The molecule has 0 aromatic heterocycles. The van der Waals surface area contributed by atoms with E-state index in [4.69, 9.17) is 9.47 Å². The molecule has 0 saturated carbocycles. The Morgan fingerprint density at radius 2 is 1.88 bits per heavy atom. The van der Waals surface area contributed by atoms with Gasteiger partial charge in [0.1, 0.15) is 11.5 Å². The summed E-state index contributed by atoms with van der Waals surface area (Å²) in [5.74, 6) is 1.27. The van der Waals surface area contributed by atoms with Crippen LogP contribution < -0.4 is 9.47 Å². The molecule has 1 unspecified atom stereocenters. The fraction of sp³-hybridized carbons (Fsp3) is 0.316. The van der Waals surface area contributed by atoms with E-state index in [1.54, 1.807) is 19.1 Å². The van der Waals surface area contributed by atoms with Gasteiger partial charge in [-0.3, -0.25) is 14.9 Å². The molecule has 1 heterocycles. The average Bonchev–Trinajstić information content (AvgIpc) is 3.16. The third kappa shape index (κ3) is 3.33. The summed E-state index contributed by atoms with van der Waals surface area (Å²) >= 11 is 0. The normalized spacial score (nSPS) is 16.4. The van der Waals surface area contributed by atoms with E-state index in [1.807, 2.05) is 18.2 Å². The summed E-state index contributed by atoms with van der Waals surface area (Å²) < 4.78 is 10.8. The van der Waals surface area contributed by atoms with E-state index >= 15 is 0 Å². The van der Waals surface area contributed by atoms with Crippen LogP contribution in [-0.4, -0.2) is 36.5 Å². The SMILES string of the molecule is COc1ccc(OC)c(C2CCCN2C(=O)c2ccc([N+](=O)[O-])cc2)c1. The van der Waals surface area contributed by atoms with Crippen LogP contribution in [0.25, 0.3) is 0 Å². The summed E-state index contributed by atoms with van der Waals surface area (Å²) in [6.07, 6.45) is 1.70. The highest BCUT2D eigenvalue weighted by Gasteiger charge is 2.32. The number of benzene rings is 2. The highest BCUT2D eigenvalue weighted by atomic mass is 16.6. The van der Waals surface area contributed by atoms with Crippen LogP contribution in [-0.2, 0) is 0 Å². The molecule has 1 aliphatic rings. The lowest BCUT2D eigenvalue weighted by atomic mass is 10.0. The molecule has 2 aromatic rings. The summed E-state index contributed by atoms with van der Waals surface area (Å²) in [7, 11) is 3.20. The molecule has 1 saturated heterocycles. The molecule has 7 heteroatoms. The number of carbonyl (C=O) groups is 1. The number of hydrogen-bond acceptors (Lipinski definition) is 5. The number of rotatable bonds is 5. The first-order valence-corrected chi connectivity index (χ1v) is 8.32. The Balaban J connectivity index is 1.90. The van der Waals surface area contributed by atoms with Crippen LogP contribution >= 0.6 is 0 Å². The number of methoxy groups -OCH3 is 2. The van der Waals surface area contributed by atoms with Crippen molar-refractivity contribution < 1.29 is 19.2 Å². The highest BCUT2D eigenvalue weighted by Crippen LogP contribution is 2.39. The van der Waals surface area contributed by atoms with Crippen molar-refractivity contribution in [2.24, 2.45) is 0 Å². The second kappa shape index (κ2) is 7.43. The summed E-state index contributed by atoms with van der Waals surface area (Å²) in [6.45, 7) is 0.626. The molecular weight excluding hydrogens is 336 g/mol. The summed E-state index contributed by atoms with van der Waals surface area (Å²) in [5, 5.41) is 10.8.